The minimum absolute atomic E-state index is 0.0603. The molecule has 2 amide bonds. The molecule has 2 aromatic rings. The molecule has 0 atom stereocenters. The van der Waals surface area contributed by atoms with Crippen LogP contribution in [0.1, 0.15) is 53.0 Å². The summed E-state index contributed by atoms with van der Waals surface area (Å²) < 4.78 is 0. The molecule has 0 saturated carbocycles. The van der Waals surface area contributed by atoms with Crippen molar-refractivity contribution >= 4 is 17.5 Å². The van der Waals surface area contributed by atoms with E-state index in [2.05, 4.69) is 5.32 Å². The maximum absolute atomic E-state index is 12.7. The van der Waals surface area contributed by atoms with E-state index < -0.39 is 0 Å². The van der Waals surface area contributed by atoms with Crippen molar-refractivity contribution in [3.63, 3.8) is 0 Å². The van der Waals surface area contributed by atoms with Crippen molar-refractivity contribution in [2.75, 3.05) is 18.4 Å². The fraction of sp³-hybridized carbons (Fsp3) is 0.286. The Morgan fingerprint density at radius 2 is 1.65 bits per heavy atom. The van der Waals surface area contributed by atoms with Crippen LogP contribution in [0, 0.1) is 11.3 Å². The Balaban J connectivity index is 2.18. The Morgan fingerprint density at radius 3 is 2.31 bits per heavy atom. The number of anilines is 1. The second-order valence-electron chi connectivity index (χ2n) is 6.02. The van der Waals surface area contributed by atoms with E-state index in [9.17, 15) is 9.59 Å². The van der Waals surface area contributed by atoms with Gasteiger partial charge in [0, 0.05) is 29.9 Å². The van der Waals surface area contributed by atoms with Gasteiger partial charge in [-0.1, -0.05) is 26.0 Å². The number of rotatable bonds is 7. The third-order valence-corrected chi connectivity index (χ3v) is 3.90. The van der Waals surface area contributed by atoms with Crippen molar-refractivity contribution in [1.82, 2.24) is 4.90 Å². The number of benzene rings is 2. The molecule has 0 radical (unpaired) electrons. The van der Waals surface area contributed by atoms with Crippen LogP contribution in [0.2, 0.25) is 0 Å². The SMILES string of the molecule is CCCN(CCC)C(=O)c1cccc(C(=O)Nc2cccc(C#N)c2)c1. The van der Waals surface area contributed by atoms with Gasteiger partial charge in [0.1, 0.15) is 0 Å². The number of nitrogens with zero attached hydrogens (tertiary/aromatic N) is 2. The van der Waals surface area contributed by atoms with Gasteiger partial charge in [0.15, 0.2) is 0 Å². The summed E-state index contributed by atoms with van der Waals surface area (Å²) >= 11 is 0. The standard InChI is InChI=1S/C21H23N3O2/c1-3-11-24(12-4-2)21(26)18-9-6-8-17(14-18)20(25)23-19-10-5-7-16(13-19)15-22/h5-10,13-14H,3-4,11-12H2,1-2H3,(H,23,25). The van der Waals surface area contributed by atoms with E-state index >= 15 is 0 Å². The van der Waals surface area contributed by atoms with E-state index in [1.807, 2.05) is 24.8 Å². The first kappa shape index (κ1) is 19.2. The lowest BCUT2D eigenvalue weighted by Crippen LogP contribution is -2.32. The van der Waals surface area contributed by atoms with Gasteiger partial charge in [-0.15, -0.1) is 0 Å². The van der Waals surface area contributed by atoms with Crippen LogP contribution in [0.5, 0.6) is 0 Å². The van der Waals surface area contributed by atoms with Crippen LogP contribution in [0.15, 0.2) is 48.5 Å². The topological polar surface area (TPSA) is 73.2 Å². The third-order valence-electron chi connectivity index (χ3n) is 3.90. The zero-order chi connectivity index (χ0) is 18.9. The zero-order valence-corrected chi connectivity index (χ0v) is 15.2. The molecule has 134 valence electrons. The quantitative estimate of drug-likeness (QED) is 0.819. The van der Waals surface area contributed by atoms with Gasteiger partial charge < -0.3 is 10.2 Å². The zero-order valence-electron chi connectivity index (χ0n) is 15.2. The van der Waals surface area contributed by atoms with E-state index in [1.165, 1.54) is 0 Å². The second-order valence-corrected chi connectivity index (χ2v) is 6.02. The highest BCUT2D eigenvalue weighted by Gasteiger charge is 2.16. The summed E-state index contributed by atoms with van der Waals surface area (Å²) in [6, 6.07) is 15.5. The molecule has 0 fully saturated rings. The highest BCUT2D eigenvalue weighted by Crippen LogP contribution is 2.14. The average Bonchev–Trinajstić information content (AvgIpc) is 2.67. The Bertz CT molecular complexity index is 818. The first-order chi connectivity index (χ1) is 12.6. The summed E-state index contributed by atoms with van der Waals surface area (Å²) in [5.41, 5.74) is 1.93. The summed E-state index contributed by atoms with van der Waals surface area (Å²) in [6.07, 6.45) is 1.78. The molecular formula is C21H23N3O2. The minimum Gasteiger partial charge on any atom is -0.339 e. The van der Waals surface area contributed by atoms with E-state index in [0.717, 1.165) is 12.8 Å². The average molecular weight is 349 g/mol. The highest BCUT2D eigenvalue weighted by molar-refractivity contribution is 6.06. The molecule has 0 saturated heterocycles. The fourth-order valence-corrected chi connectivity index (χ4v) is 2.70. The number of carbonyl (C=O) groups is 2. The summed E-state index contributed by atoms with van der Waals surface area (Å²) in [7, 11) is 0. The van der Waals surface area contributed by atoms with Crippen LogP contribution >= 0.6 is 0 Å². The first-order valence-electron chi connectivity index (χ1n) is 8.79. The Labute approximate surface area is 154 Å². The molecule has 0 bridgehead atoms. The van der Waals surface area contributed by atoms with Gasteiger partial charge in [-0.25, -0.2) is 0 Å². The number of hydrogen-bond acceptors (Lipinski definition) is 3. The van der Waals surface area contributed by atoms with Crippen molar-refractivity contribution in [3.05, 3.63) is 65.2 Å². The number of amides is 2. The van der Waals surface area contributed by atoms with Gasteiger partial charge in [-0.2, -0.15) is 5.26 Å². The van der Waals surface area contributed by atoms with Crippen LogP contribution in [-0.4, -0.2) is 29.8 Å². The largest absolute Gasteiger partial charge is 0.339 e. The first-order valence-corrected chi connectivity index (χ1v) is 8.79. The molecule has 5 nitrogen and oxygen atoms in total. The molecule has 2 rings (SSSR count). The smallest absolute Gasteiger partial charge is 0.255 e. The van der Waals surface area contributed by atoms with E-state index in [0.29, 0.717) is 35.5 Å². The number of carbonyl (C=O) groups excluding carboxylic acids is 2. The molecule has 0 spiro atoms. The summed E-state index contributed by atoms with van der Waals surface area (Å²) in [6.45, 7) is 5.47. The lowest BCUT2D eigenvalue weighted by atomic mass is 10.1. The minimum atomic E-state index is -0.313. The van der Waals surface area contributed by atoms with E-state index in [4.69, 9.17) is 5.26 Å². The van der Waals surface area contributed by atoms with Crippen molar-refractivity contribution in [1.29, 1.82) is 5.26 Å². The molecule has 0 aromatic heterocycles. The summed E-state index contributed by atoms with van der Waals surface area (Å²) in [5, 5.41) is 11.7. The monoisotopic (exact) mass is 349 g/mol. The Kier molecular flexibility index (Phi) is 6.92. The van der Waals surface area contributed by atoms with Crippen molar-refractivity contribution in [2.45, 2.75) is 26.7 Å². The lowest BCUT2D eigenvalue weighted by Gasteiger charge is -2.21. The van der Waals surface area contributed by atoms with Gasteiger partial charge in [0.25, 0.3) is 11.8 Å². The summed E-state index contributed by atoms with van der Waals surface area (Å²) in [5.74, 6) is -0.373. The maximum Gasteiger partial charge on any atom is 0.255 e. The molecule has 0 aliphatic rings. The summed E-state index contributed by atoms with van der Waals surface area (Å²) in [4.78, 5) is 27.0. The molecule has 0 heterocycles. The van der Waals surface area contributed by atoms with Crippen molar-refractivity contribution in [3.8, 4) is 6.07 Å². The van der Waals surface area contributed by atoms with E-state index in [-0.39, 0.29) is 11.8 Å². The van der Waals surface area contributed by atoms with Gasteiger partial charge in [0.05, 0.1) is 11.6 Å². The van der Waals surface area contributed by atoms with Crippen LogP contribution in [0.4, 0.5) is 5.69 Å². The predicted molar refractivity (Wildman–Crippen MR) is 102 cm³/mol. The second kappa shape index (κ2) is 9.38. The van der Waals surface area contributed by atoms with Gasteiger partial charge >= 0.3 is 0 Å². The highest BCUT2D eigenvalue weighted by atomic mass is 16.2. The van der Waals surface area contributed by atoms with Crippen LogP contribution < -0.4 is 5.32 Å². The molecular weight excluding hydrogens is 326 g/mol. The molecule has 2 aromatic carbocycles. The normalized spacial score (nSPS) is 10.0. The van der Waals surface area contributed by atoms with E-state index in [1.54, 1.807) is 48.5 Å². The van der Waals surface area contributed by atoms with Crippen LogP contribution in [0.3, 0.4) is 0 Å². The van der Waals surface area contributed by atoms with Gasteiger partial charge in [-0.3, -0.25) is 9.59 Å². The molecule has 26 heavy (non-hydrogen) atoms. The molecule has 1 N–H and O–H groups in total. The predicted octanol–water partition coefficient (Wildman–Crippen LogP) is 4.07. The lowest BCUT2D eigenvalue weighted by molar-refractivity contribution is 0.0755. The van der Waals surface area contributed by atoms with Crippen LogP contribution in [0.25, 0.3) is 0 Å². The molecule has 5 heteroatoms. The van der Waals surface area contributed by atoms with Gasteiger partial charge in [-0.05, 0) is 49.2 Å². The Morgan fingerprint density at radius 1 is 1.00 bits per heavy atom. The fourth-order valence-electron chi connectivity index (χ4n) is 2.70. The molecule has 0 aliphatic carbocycles. The number of hydrogen-bond donors (Lipinski definition) is 1. The van der Waals surface area contributed by atoms with Crippen LogP contribution in [-0.2, 0) is 0 Å². The van der Waals surface area contributed by atoms with Crippen molar-refractivity contribution in [2.24, 2.45) is 0 Å². The number of nitriles is 1. The van der Waals surface area contributed by atoms with Gasteiger partial charge in [0.2, 0.25) is 0 Å². The van der Waals surface area contributed by atoms with Crippen molar-refractivity contribution < 1.29 is 9.59 Å². The maximum atomic E-state index is 12.7. The molecule has 0 unspecified atom stereocenters. The Hall–Kier alpha value is -3.13. The number of nitrogens with one attached hydrogen (secondary N) is 1. The molecule has 0 aliphatic heterocycles. The third kappa shape index (κ3) is 4.93.